The van der Waals surface area contributed by atoms with Crippen LogP contribution in [0.5, 0.6) is 0 Å². The first-order valence-corrected chi connectivity index (χ1v) is 5.45. The molecule has 1 N–H and O–H groups in total. The number of carbonyl (C=O) groups is 2. The molecule has 82 valence electrons. The third-order valence-corrected chi connectivity index (χ3v) is 3.18. The van der Waals surface area contributed by atoms with Crippen LogP contribution in [0.2, 0.25) is 0 Å². The Morgan fingerprint density at radius 3 is 2.87 bits per heavy atom. The monoisotopic (exact) mass is 226 g/mol. The van der Waals surface area contributed by atoms with Crippen molar-refractivity contribution < 1.29 is 9.59 Å². The lowest BCUT2D eigenvalue weighted by Gasteiger charge is -2.15. The molecule has 0 aliphatic rings. The number of thiophene rings is 1. The second-order valence-corrected chi connectivity index (χ2v) is 4.23. The Kier molecular flexibility index (Phi) is 4.30. The molecular weight excluding hydrogens is 212 g/mol. The van der Waals surface area contributed by atoms with Gasteiger partial charge < -0.3 is 10.2 Å². The molecule has 0 spiro atoms. The zero-order valence-corrected chi connectivity index (χ0v) is 9.63. The molecule has 5 heteroatoms. The molecule has 1 aromatic heterocycles. The second kappa shape index (κ2) is 5.50. The van der Waals surface area contributed by atoms with Gasteiger partial charge in [0.25, 0.3) is 0 Å². The first kappa shape index (κ1) is 11.7. The molecule has 1 rings (SSSR count). The Bertz CT molecular complexity index is 349. The van der Waals surface area contributed by atoms with E-state index in [1.165, 1.54) is 11.3 Å². The van der Waals surface area contributed by atoms with Crippen molar-refractivity contribution in [1.82, 2.24) is 5.32 Å². The van der Waals surface area contributed by atoms with Crippen molar-refractivity contribution in [3.63, 3.8) is 0 Å². The molecule has 0 bridgehead atoms. The lowest BCUT2D eigenvalue weighted by atomic mass is 10.4. The number of anilines is 1. The summed E-state index contributed by atoms with van der Waals surface area (Å²) in [5.74, 6) is 0.0222. The van der Waals surface area contributed by atoms with E-state index in [1.807, 2.05) is 18.0 Å². The number of rotatable bonds is 5. The Morgan fingerprint density at radius 1 is 1.60 bits per heavy atom. The summed E-state index contributed by atoms with van der Waals surface area (Å²) in [6, 6.07) is 3.67. The van der Waals surface area contributed by atoms with Gasteiger partial charge in [0, 0.05) is 27.1 Å². The normalized spacial score (nSPS) is 9.73. The van der Waals surface area contributed by atoms with E-state index < -0.39 is 0 Å². The van der Waals surface area contributed by atoms with Gasteiger partial charge in [-0.2, -0.15) is 0 Å². The van der Waals surface area contributed by atoms with Crippen molar-refractivity contribution in [1.29, 1.82) is 0 Å². The summed E-state index contributed by atoms with van der Waals surface area (Å²) in [6.45, 7) is 0.651. The van der Waals surface area contributed by atoms with Crippen LogP contribution in [0.1, 0.15) is 16.1 Å². The lowest BCUT2D eigenvalue weighted by Crippen LogP contribution is -2.25. The van der Waals surface area contributed by atoms with E-state index in [9.17, 15) is 9.59 Å². The summed E-state index contributed by atoms with van der Waals surface area (Å²) in [6.07, 6.45) is 1.29. The van der Waals surface area contributed by atoms with E-state index in [-0.39, 0.29) is 5.91 Å². The van der Waals surface area contributed by atoms with Gasteiger partial charge in [0.1, 0.15) is 0 Å². The third-order valence-electron chi connectivity index (χ3n) is 2.06. The number of amides is 1. The van der Waals surface area contributed by atoms with Gasteiger partial charge in [0.05, 0.1) is 9.88 Å². The van der Waals surface area contributed by atoms with Crippen molar-refractivity contribution >= 4 is 28.5 Å². The Hall–Kier alpha value is -1.36. The SMILES string of the molecule is CNC(=O)CCN(C)c1ccc(C=O)s1. The highest BCUT2D eigenvalue weighted by Gasteiger charge is 2.06. The molecule has 0 saturated carbocycles. The number of carbonyl (C=O) groups excluding carboxylic acids is 2. The zero-order valence-electron chi connectivity index (χ0n) is 8.82. The smallest absolute Gasteiger partial charge is 0.221 e. The number of nitrogens with zero attached hydrogens (tertiary/aromatic N) is 1. The van der Waals surface area contributed by atoms with Gasteiger partial charge in [-0.3, -0.25) is 9.59 Å². The summed E-state index contributed by atoms with van der Waals surface area (Å²) >= 11 is 1.43. The van der Waals surface area contributed by atoms with Crippen molar-refractivity contribution in [3.8, 4) is 0 Å². The summed E-state index contributed by atoms with van der Waals surface area (Å²) in [4.78, 5) is 24.2. The summed E-state index contributed by atoms with van der Waals surface area (Å²) in [5, 5.41) is 3.57. The summed E-state index contributed by atoms with van der Waals surface area (Å²) in [5.41, 5.74) is 0. The topological polar surface area (TPSA) is 49.4 Å². The molecule has 0 fully saturated rings. The molecule has 0 aromatic carbocycles. The van der Waals surface area contributed by atoms with E-state index in [2.05, 4.69) is 5.32 Å². The summed E-state index contributed by atoms with van der Waals surface area (Å²) < 4.78 is 0. The Morgan fingerprint density at radius 2 is 2.33 bits per heavy atom. The van der Waals surface area contributed by atoms with Crippen molar-refractivity contribution in [3.05, 3.63) is 17.0 Å². The van der Waals surface area contributed by atoms with Crippen LogP contribution in [-0.2, 0) is 4.79 Å². The van der Waals surface area contributed by atoms with Crippen LogP contribution in [-0.4, -0.2) is 32.8 Å². The average molecular weight is 226 g/mol. The van der Waals surface area contributed by atoms with Gasteiger partial charge in [0.2, 0.25) is 5.91 Å². The fourth-order valence-corrected chi connectivity index (χ4v) is 1.92. The number of nitrogens with one attached hydrogen (secondary N) is 1. The quantitative estimate of drug-likeness (QED) is 0.766. The zero-order chi connectivity index (χ0) is 11.3. The van der Waals surface area contributed by atoms with E-state index >= 15 is 0 Å². The highest BCUT2D eigenvalue weighted by molar-refractivity contribution is 7.17. The van der Waals surface area contributed by atoms with E-state index in [0.29, 0.717) is 17.8 Å². The van der Waals surface area contributed by atoms with Crippen LogP contribution in [0.4, 0.5) is 5.00 Å². The van der Waals surface area contributed by atoms with E-state index in [4.69, 9.17) is 0 Å². The highest BCUT2D eigenvalue weighted by atomic mass is 32.1. The van der Waals surface area contributed by atoms with Gasteiger partial charge in [-0.05, 0) is 12.1 Å². The number of aldehydes is 1. The maximum absolute atomic E-state index is 11.0. The molecule has 15 heavy (non-hydrogen) atoms. The minimum atomic E-state index is 0.0222. The Labute approximate surface area is 92.9 Å². The molecule has 0 saturated heterocycles. The molecule has 0 aliphatic carbocycles. The van der Waals surface area contributed by atoms with Crippen LogP contribution < -0.4 is 10.2 Å². The summed E-state index contributed by atoms with van der Waals surface area (Å²) in [7, 11) is 3.53. The van der Waals surface area contributed by atoms with Gasteiger partial charge in [0.15, 0.2) is 6.29 Å². The van der Waals surface area contributed by atoms with Crippen molar-refractivity contribution in [2.75, 3.05) is 25.5 Å². The predicted octanol–water partition coefficient (Wildman–Crippen LogP) is 1.13. The van der Waals surface area contributed by atoms with Crippen LogP contribution >= 0.6 is 11.3 Å². The van der Waals surface area contributed by atoms with Crippen LogP contribution in [0.3, 0.4) is 0 Å². The standard InChI is InChI=1S/C10H14N2O2S/c1-11-9(14)5-6-12(2)10-4-3-8(7-13)15-10/h3-4,7H,5-6H2,1-2H3,(H,11,14). The van der Waals surface area contributed by atoms with Crippen molar-refractivity contribution in [2.45, 2.75) is 6.42 Å². The van der Waals surface area contributed by atoms with Crippen molar-refractivity contribution in [2.24, 2.45) is 0 Å². The molecule has 0 radical (unpaired) electrons. The second-order valence-electron chi connectivity index (χ2n) is 3.14. The third kappa shape index (κ3) is 3.36. The molecule has 4 nitrogen and oxygen atoms in total. The van der Waals surface area contributed by atoms with Gasteiger partial charge in [-0.1, -0.05) is 0 Å². The Balaban J connectivity index is 2.49. The minimum absolute atomic E-state index is 0.0222. The predicted molar refractivity (Wildman–Crippen MR) is 61.7 cm³/mol. The molecule has 0 aliphatic heterocycles. The van der Waals surface area contributed by atoms with E-state index in [0.717, 1.165) is 11.3 Å². The largest absolute Gasteiger partial charge is 0.366 e. The maximum atomic E-state index is 11.0. The fourth-order valence-electron chi connectivity index (χ4n) is 1.12. The molecule has 1 heterocycles. The number of hydrogen-bond donors (Lipinski definition) is 1. The van der Waals surface area contributed by atoms with Gasteiger partial charge in [-0.15, -0.1) is 11.3 Å². The molecule has 1 amide bonds. The van der Waals surface area contributed by atoms with Crippen LogP contribution in [0.15, 0.2) is 12.1 Å². The number of hydrogen-bond acceptors (Lipinski definition) is 4. The fraction of sp³-hybridized carbons (Fsp3) is 0.400. The molecule has 1 aromatic rings. The van der Waals surface area contributed by atoms with E-state index in [1.54, 1.807) is 13.1 Å². The lowest BCUT2D eigenvalue weighted by molar-refractivity contribution is -0.120. The van der Waals surface area contributed by atoms with Crippen LogP contribution in [0.25, 0.3) is 0 Å². The maximum Gasteiger partial charge on any atom is 0.221 e. The molecule has 0 unspecified atom stereocenters. The molecule has 0 atom stereocenters. The average Bonchev–Trinajstić information content (AvgIpc) is 2.73. The van der Waals surface area contributed by atoms with Gasteiger partial charge >= 0.3 is 0 Å². The first-order chi connectivity index (χ1) is 7.17. The first-order valence-electron chi connectivity index (χ1n) is 4.64. The molecular formula is C10H14N2O2S. The highest BCUT2D eigenvalue weighted by Crippen LogP contribution is 2.23. The van der Waals surface area contributed by atoms with Crippen LogP contribution in [0, 0.1) is 0 Å². The minimum Gasteiger partial charge on any atom is -0.366 e. The van der Waals surface area contributed by atoms with Gasteiger partial charge in [-0.25, -0.2) is 0 Å².